The minimum atomic E-state index is -0.262. The minimum absolute atomic E-state index is 0.0587. The molecule has 0 unspecified atom stereocenters. The van der Waals surface area contributed by atoms with Gasteiger partial charge in [0.2, 0.25) is 5.91 Å². The molecule has 7 heteroatoms. The fourth-order valence-corrected chi connectivity index (χ4v) is 2.56. The van der Waals surface area contributed by atoms with E-state index in [4.69, 9.17) is 4.74 Å². The van der Waals surface area contributed by atoms with Gasteiger partial charge in [0, 0.05) is 0 Å². The molecule has 0 bridgehead atoms. The van der Waals surface area contributed by atoms with E-state index in [2.05, 4.69) is 15.5 Å². The van der Waals surface area contributed by atoms with Crippen LogP contribution in [0.5, 0.6) is 5.75 Å². The number of carbonyl (C=O) groups excluding carboxylic acids is 1. The molecule has 1 fully saturated rings. The van der Waals surface area contributed by atoms with Gasteiger partial charge in [-0.1, -0.05) is 23.9 Å². The first-order chi connectivity index (χ1) is 11.7. The van der Waals surface area contributed by atoms with E-state index < -0.39 is 0 Å². The monoisotopic (exact) mass is 343 g/mol. The van der Waals surface area contributed by atoms with E-state index in [-0.39, 0.29) is 11.7 Å². The third-order valence-electron chi connectivity index (χ3n) is 3.14. The highest BCUT2D eigenvalue weighted by atomic mass is 32.2. The first kappa shape index (κ1) is 16.2. The maximum Gasteiger partial charge on any atom is 0.236 e. The van der Waals surface area contributed by atoms with Gasteiger partial charge < -0.3 is 10.1 Å². The van der Waals surface area contributed by atoms with Gasteiger partial charge in [-0.3, -0.25) is 4.79 Å². The van der Waals surface area contributed by atoms with Crippen LogP contribution in [0.25, 0.3) is 0 Å². The molecule has 2 aromatic rings. The molecular formula is C17H14FN3O2S. The highest BCUT2D eigenvalue weighted by molar-refractivity contribution is 8.15. The summed E-state index contributed by atoms with van der Waals surface area (Å²) in [6, 6.07) is 13.5. The van der Waals surface area contributed by atoms with Gasteiger partial charge in [0.15, 0.2) is 5.17 Å². The summed E-state index contributed by atoms with van der Waals surface area (Å²) in [6.45, 7) is 0.373. The average molecular weight is 343 g/mol. The number of nitrogens with one attached hydrogen (secondary N) is 1. The highest BCUT2D eigenvalue weighted by Gasteiger charge is 2.15. The first-order valence-electron chi connectivity index (χ1n) is 7.20. The molecule has 1 N–H and O–H groups in total. The molecule has 0 saturated carbocycles. The topological polar surface area (TPSA) is 63.0 Å². The second-order valence-electron chi connectivity index (χ2n) is 4.97. The lowest BCUT2D eigenvalue weighted by Crippen LogP contribution is -2.19. The molecule has 1 amide bonds. The van der Waals surface area contributed by atoms with Gasteiger partial charge >= 0.3 is 0 Å². The molecule has 1 heterocycles. The Morgan fingerprint density at radius 3 is 2.58 bits per heavy atom. The van der Waals surface area contributed by atoms with Gasteiger partial charge in [-0.2, -0.15) is 5.10 Å². The number of hydrogen-bond donors (Lipinski definition) is 1. The normalized spacial score (nSPS) is 15.9. The molecule has 0 spiro atoms. The summed E-state index contributed by atoms with van der Waals surface area (Å²) < 4.78 is 18.5. The van der Waals surface area contributed by atoms with E-state index in [0.29, 0.717) is 23.3 Å². The standard InChI is InChI=1S/C17H14FN3O2S/c18-14-5-1-13(2-6-14)10-23-15-7-3-12(4-8-15)9-19-21-17-20-16(22)11-24-17/h1-9H,10-11H2,(H,20,21,22)/b19-9+. The van der Waals surface area contributed by atoms with Crippen molar-refractivity contribution in [3.05, 3.63) is 65.5 Å². The first-order valence-corrected chi connectivity index (χ1v) is 8.18. The quantitative estimate of drug-likeness (QED) is 0.671. The Morgan fingerprint density at radius 1 is 1.17 bits per heavy atom. The van der Waals surface area contributed by atoms with Crippen LogP contribution in [0.1, 0.15) is 11.1 Å². The van der Waals surface area contributed by atoms with Crippen molar-refractivity contribution < 1.29 is 13.9 Å². The maximum atomic E-state index is 12.8. The summed E-state index contributed by atoms with van der Waals surface area (Å²) in [5, 5.41) is 11.0. The molecular weight excluding hydrogens is 329 g/mol. The third kappa shape index (κ3) is 4.66. The van der Waals surface area contributed by atoms with Crippen LogP contribution in [0.2, 0.25) is 0 Å². The van der Waals surface area contributed by atoms with Crippen molar-refractivity contribution >= 4 is 29.1 Å². The molecule has 0 atom stereocenters. The number of nitrogens with zero attached hydrogens (tertiary/aromatic N) is 2. The molecule has 24 heavy (non-hydrogen) atoms. The van der Waals surface area contributed by atoms with Gasteiger partial charge in [0.05, 0.1) is 12.0 Å². The average Bonchev–Trinajstić information content (AvgIpc) is 3.01. The van der Waals surface area contributed by atoms with Gasteiger partial charge in [0.1, 0.15) is 18.2 Å². The largest absolute Gasteiger partial charge is 0.489 e. The second kappa shape index (κ2) is 7.74. The van der Waals surface area contributed by atoms with Crippen LogP contribution < -0.4 is 10.1 Å². The van der Waals surface area contributed by atoms with E-state index >= 15 is 0 Å². The number of carbonyl (C=O) groups is 1. The third-order valence-corrected chi connectivity index (χ3v) is 4.00. The molecule has 5 nitrogen and oxygen atoms in total. The fraction of sp³-hybridized carbons (Fsp3) is 0.118. The number of benzene rings is 2. The summed E-state index contributed by atoms with van der Waals surface area (Å²) in [6.07, 6.45) is 1.60. The number of amidine groups is 1. The molecule has 1 aliphatic heterocycles. The van der Waals surface area contributed by atoms with Crippen molar-refractivity contribution in [2.75, 3.05) is 5.75 Å². The van der Waals surface area contributed by atoms with Crippen LogP contribution in [0.15, 0.2) is 58.7 Å². The summed E-state index contributed by atoms with van der Waals surface area (Å²) in [7, 11) is 0. The van der Waals surface area contributed by atoms with E-state index in [0.717, 1.165) is 11.1 Å². The molecule has 0 radical (unpaired) electrons. The van der Waals surface area contributed by atoms with Crippen LogP contribution in [0, 0.1) is 5.82 Å². The summed E-state index contributed by atoms with van der Waals surface area (Å²) in [5.41, 5.74) is 1.76. The SMILES string of the molecule is O=C1CS/C(=N\N=C\c2ccc(OCc3ccc(F)cc3)cc2)N1. The van der Waals surface area contributed by atoms with Crippen LogP contribution in [0.3, 0.4) is 0 Å². The van der Waals surface area contributed by atoms with Crippen molar-refractivity contribution in [3.8, 4) is 5.75 Å². The van der Waals surface area contributed by atoms with Gasteiger partial charge in [-0.05, 0) is 47.5 Å². The van der Waals surface area contributed by atoms with Gasteiger partial charge in [-0.25, -0.2) is 4.39 Å². The molecule has 3 rings (SSSR count). The zero-order valence-corrected chi connectivity index (χ0v) is 13.4. The number of thioether (sulfide) groups is 1. The van der Waals surface area contributed by atoms with E-state index in [1.54, 1.807) is 18.3 Å². The molecule has 0 aromatic heterocycles. The molecule has 1 aliphatic rings. The Balaban J connectivity index is 1.53. The smallest absolute Gasteiger partial charge is 0.236 e. The second-order valence-corrected chi connectivity index (χ2v) is 5.93. The number of rotatable bonds is 5. The van der Waals surface area contributed by atoms with Gasteiger partial charge in [-0.15, -0.1) is 5.10 Å². The maximum absolute atomic E-state index is 12.8. The molecule has 122 valence electrons. The summed E-state index contributed by atoms with van der Waals surface area (Å²) in [4.78, 5) is 11.0. The predicted molar refractivity (Wildman–Crippen MR) is 92.8 cm³/mol. The molecule has 2 aromatic carbocycles. The number of hydrogen-bond acceptors (Lipinski definition) is 5. The lowest BCUT2D eigenvalue weighted by Gasteiger charge is -2.06. The Morgan fingerprint density at radius 2 is 1.92 bits per heavy atom. The van der Waals surface area contributed by atoms with Crippen molar-refractivity contribution in [2.45, 2.75) is 6.61 Å². The summed E-state index contributed by atoms with van der Waals surface area (Å²) in [5.74, 6) is 0.772. The van der Waals surface area contributed by atoms with Crippen molar-refractivity contribution in [2.24, 2.45) is 10.2 Å². The number of amides is 1. The van der Waals surface area contributed by atoms with E-state index in [9.17, 15) is 9.18 Å². The summed E-state index contributed by atoms with van der Waals surface area (Å²) >= 11 is 1.33. The number of halogens is 1. The van der Waals surface area contributed by atoms with Crippen molar-refractivity contribution in [1.29, 1.82) is 0 Å². The highest BCUT2D eigenvalue weighted by Crippen LogP contribution is 2.14. The molecule has 0 aliphatic carbocycles. The van der Waals surface area contributed by atoms with Crippen molar-refractivity contribution in [3.63, 3.8) is 0 Å². The van der Waals surface area contributed by atoms with Crippen LogP contribution >= 0.6 is 11.8 Å². The predicted octanol–water partition coefficient (Wildman–Crippen LogP) is 2.96. The Bertz CT molecular complexity index is 773. The zero-order chi connectivity index (χ0) is 16.8. The Labute approximate surface area is 142 Å². The minimum Gasteiger partial charge on any atom is -0.489 e. The Kier molecular flexibility index (Phi) is 5.22. The lowest BCUT2D eigenvalue weighted by molar-refractivity contribution is -0.116. The fourth-order valence-electron chi connectivity index (χ4n) is 1.92. The van der Waals surface area contributed by atoms with Crippen molar-refractivity contribution in [1.82, 2.24) is 5.32 Å². The zero-order valence-electron chi connectivity index (χ0n) is 12.6. The number of ether oxygens (including phenoxy) is 1. The molecule has 1 saturated heterocycles. The van der Waals surface area contributed by atoms with Gasteiger partial charge in [0.25, 0.3) is 0 Å². The Hall–Kier alpha value is -2.67. The van der Waals surface area contributed by atoms with Crippen LogP contribution in [-0.4, -0.2) is 23.0 Å². The lowest BCUT2D eigenvalue weighted by atomic mass is 10.2. The van der Waals surface area contributed by atoms with E-state index in [1.807, 2.05) is 24.3 Å². The van der Waals surface area contributed by atoms with E-state index in [1.165, 1.54) is 23.9 Å². The van der Waals surface area contributed by atoms with Crippen LogP contribution in [0.4, 0.5) is 4.39 Å². The van der Waals surface area contributed by atoms with Crippen LogP contribution in [-0.2, 0) is 11.4 Å².